The van der Waals surface area contributed by atoms with Gasteiger partial charge in [0.05, 0.1) is 5.69 Å². The van der Waals surface area contributed by atoms with Gasteiger partial charge in [0.2, 0.25) is 0 Å². The Morgan fingerprint density at radius 2 is 2.00 bits per heavy atom. The third-order valence-electron chi connectivity index (χ3n) is 4.38. The van der Waals surface area contributed by atoms with Gasteiger partial charge in [-0.1, -0.05) is 18.2 Å². The van der Waals surface area contributed by atoms with Crippen LogP contribution in [0.4, 0.5) is 0 Å². The topological polar surface area (TPSA) is 51.3 Å². The lowest BCUT2D eigenvalue weighted by Gasteiger charge is -2.19. The fraction of sp³-hybridized carbons (Fsp3) is 0.143. The second-order valence-electron chi connectivity index (χ2n) is 6.35. The first-order valence-electron chi connectivity index (χ1n) is 8.45. The molecule has 4 aromatic rings. The Labute approximate surface area is 151 Å². The van der Waals surface area contributed by atoms with Crippen LogP contribution in [0.3, 0.4) is 0 Å². The van der Waals surface area contributed by atoms with Crippen LogP contribution in [0, 0.1) is 6.92 Å². The Kier molecular flexibility index (Phi) is 4.05. The average Bonchev–Trinajstić information content (AvgIpc) is 3.29. The lowest BCUT2D eigenvalue weighted by Crippen LogP contribution is -2.26. The molecule has 5 heteroatoms. The van der Waals surface area contributed by atoms with Crippen molar-refractivity contribution in [1.29, 1.82) is 0 Å². The number of benzene rings is 2. The van der Waals surface area contributed by atoms with E-state index >= 15 is 0 Å². The van der Waals surface area contributed by atoms with Gasteiger partial charge in [0, 0.05) is 36.9 Å². The van der Waals surface area contributed by atoms with Crippen molar-refractivity contribution >= 4 is 16.9 Å². The van der Waals surface area contributed by atoms with Gasteiger partial charge in [-0.2, -0.15) is 5.10 Å². The Morgan fingerprint density at radius 1 is 1.15 bits per heavy atom. The smallest absolute Gasteiger partial charge is 0.253 e. The molecule has 5 nitrogen and oxygen atoms in total. The van der Waals surface area contributed by atoms with Crippen molar-refractivity contribution in [1.82, 2.24) is 14.7 Å². The molecular weight excluding hydrogens is 326 g/mol. The molecule has 0 N–H and O–H groups in total. The number of amides is 1. The molecule has 0 radical (unpaired) electrons. The molecule has 2 heterocycles. The lowest BCUT2D eigenvalue weighted by molar-refractivity contribution is 0.0785. The number of carbonyl (C=O) groups excluding carboxylic acids is 1. The van der Waals surface area contributed by atoms with Gasteiger partial charge in [-0.15, -0.1) is 0 Å². The van der Waals surface area contributed by atoms with Gasteiger partial charge in [-0.3, -0.25) is 4.79 Å². The molecule has 0 spiro atoms. The lowest BCUT2D eigenvalue weighted by atomic mass is 10.1. The van der Waals surface area contributed by atoms with E-state index in [1.807, 2.05) is 79.4 Å². The molecule has 0 aliphatic carbocycles. The van der Waals surface area contributed by atoms with Gasteiger partial charge in [0.1, 0.15) is 11.3 Å². The zero-order chi connectivity index (χ0) is 18.1. The summed E-state index contributed by atoms with van der Waals surface area (Å²) < 4.78 is 7.39. The SMILES string of the molecule is Cc1cc2cc(C(=O)N(C)Cc3ccccc3-n3cccn3)ccc2o1. The number of carbonyl (C=O) groups is 1. The summed E-state index contributed by atoms with van der Waals surface area (Å²) >= 11 is 0. The Bertz CT molecular complexity index is 1060. The van der Waals surface area contributed by atoms with Gasteiger partial charge >= 0.3 is 0 Å². The van der Waals surface area contributed by atoms with E-state index in [1.54, 1.807) is 11.1 Å². The molecule has 0 unspecified atom stereocenters. The minimum Gasteiger partial charge on any atom is -0.461 e. The predicted molar refractivity (Wildman–Crippen MR) is 100 cm³/mol. The number of nitrogens with zero attached hydrogens (tertiary/aromatic N) is 3. The molecule has 0 saturated carbocycles. The number of para-hydroxylation sites is 1. The van der Waals surface area contributed by atoms with E-state index in [4.69, 9.17) is 4.42 Å². The van der Waals surface area contributed by atoms with Gasteiger partial charge in [-0.25, -0.2) is 4.68 Å². The summed E-state index contributed by atoms with van der Waals surface area (Å²) in [4.78, 5) is 14.6. The summed E-state index contributed by atoms with van der Waals surface area (Å²) in [6.07, 6.45) is 3.64. The van der Waals surface area contributed by atoms with Crippen molar-refractivity contribution < 1.29 is 9.21 Å². The highest BCUT2D eigenvalue weighted by atomic mass is 16.3. The van der Waals surface area contributed by atoms with Crippen LogP contribution in [0.1, 0.15) is 21.7 Å². The molecule has 130 valence electrons. The number of rotatable bonds is 4. The standard InChI is InChI=1S/C21H19N3O2/c1-15-12-18-13-16(8-9-20(18)26-15)21(25)23(2)14-17-6-3-4-7-19(17)24-11-5-10-22-24/h3-13H,14H2,1-2H3. The Hall–Kier alpha value is -3.34. The fourth-order valence-electron chi connectivity index (χ4n) is 3.14. The summed E-state index contributed by atoms with van der Waals surface area (Å²) in [6, 6.07) is 17.3. The molecule has 26 heavy (non-hydrogen) atoms. The zero-order valence-electron chi connectivity index (χ0n) is 14.7. The molecule has 0 aliphatic rings. The van der Waals surface area contributed by atoms with E-state index in [9.17, 15) is 4.79 Å². The maximum Gasteiger partial charge on any atom is 0.253 e. The zero-order valence-corrected chi connectivity index (χ0v) is 14.7. The van der Waals surface area contributed by atoms with Crippen molar-refractivity contribution in [3.8, 4) is 5.69 Å². The van der Waals surface area contributed by atoms with Crippen LogP contribution >= 0.6 is 0 Å². The van der Waals surface area contributed by atoms with Crippen molar-refractivity contribution in [3.05, 3.63) is 83.9 Å². The second kappa shape index (κ2) is 6.52. The van der Waals surface area contributed by atoms with Crippen molar-refractivity contribution in [2.24, 2.45) is 0 Å². The minimum atomic E-state index is -0.0268. The first kappa shape index (κ1) is 16.1. The molecule has 0 bridgehead atoms. The molecular formula is C21H19N3O2. The van der Waals surface area contributed by atoms with Crippen molar-refractivity contribution in [2.45, 2.75) is 13.5 Å². The maximum absolute atomic E-state index is 12.9. The van der Waals surface area contributed by atoms with Gasteiger partial charge in [0.25, 0.3) is 5.91 Å². The highest BCUT2D eigenvalue weighted by molar-refractivity contribution is 5.97. The van der Waals surface area contributed by atoms with Crippen molar-refractivity contribution in [2.75, 3.05) is 7.05 Å². The normalized spacial score (nSPS) is 11.0. The highest BCUT2D eigenvalue weighted by Gasteiger charge is 2.15. The maximum atomic E-state index is 12.9. The van der Waals surface area contributed by atoms with Crippen LogP contribution < -0.4 is 0 Å². The highest BCUT2D eigenvalue weighted by Crippen LogP contribution is 2.22. The van der Waals surface area contributed by atoms with E-state index in [2.05, 4.69) is 5.10 Å². The van der Waals surface area contributed by atoms with Crippen LogP contribution in [0.5, 0.6) is 0 Å². The quantitative estimate of drug-likeness (QED) is 0.557. The monoisotopic (exact) mass is 345 g/mol. The first-order valence-corrected chi connectivity index (χ1v) is 8.45. The van der Waals surface area contributed by atoms with Crippen LogP contribution in [0.2, 0.25) is 0 Å². The van der Waals surface area contributed by atoms with Crippen LogP contribution in [-0.4, -0.2) is 27.6 Å². The molecule has 2 aromatic carbocycles. The molecule has 0 aliphatic heterocycles. The molecule has 0 atom stereocenters. The van der Waals surface area contributed by atoms with E-state index in [1.165, 1.54) is 0 Å². The summed E-state index contributed by atoms with van der Waals surface area (Å²) in [5.41, 5.74) is 3.45. The molecule has 0 saturated heterocycles. The van der Waals surface area contributed by atoms with Gasteiger partial charge in [-0.05, 0) is 48.9 Å². The molecule has 2 aromatic heterocycles. The summed E-state index contributed by atoms with van der Waals surface area (Å²) in [5.74, 6) is 0.812. The number of aromatic nitrogens is 2. The minimum absolute atomic E-state index is 0.0268. The van der Waals surface area contributed by atoms with Gasteiger partial charge in [0.15, 0.2) is 0 Å². The van der Waals surface area contributed by atoms with Crippen LogP contribution in [0.15, 0.2) is 71.4 Å². The summed E-state index contributed by atoms with van der Waals surface area (Å²) in [7, 11) is 1.81. The number of aryl methyl sites for hydroxylation is 1. The first-order chi connectivity index (χ1) is 12.6. The third kappa shape index (κ3) is 2.99. The summed E-state index contributed by atoms with van der Waals surface area (Å²) in [6.45, 7) is 2.40. The molecule has 1 amide bonds. The average molecular weight is 345 g/mol. The third-order valence-corrected chi connectivity index (χ3v) is 4.38. The molecule has 0 fully saturated rings. The number of furan rings is 1. The fourth-order valence-corrected chi connectivity index (χ4v) is 3.14. The molecule has 4 rings (SSSR count). The number of hydrogen-bond acceptors (Lipinski definition) is 3. The second-order valence-corrected chi connectivity index (χ2v) is 6.35. The van der Waals surface area contributed by atoms with Crippen LogP contribution in [0.25, 0.3) is 16.7 Å². The summed E-state index contributed by atoms with van der Waals surface area (Å²) in [5, 5.41) is 5.24. The van der Waals surface area contributed by atoms with E-state index in [-0.39, 0.29) is 5.91 Å². The largest absolute Gasteiger partial charge is 0.461 e. The van der Waals surface area contributed by atoms with Crippen LogP contribution in [-0.2, 0) is 6.54 Å². The van der Waals surface area contributed by atoms with E-state index in [0.29, 0.717) is 12.1 Å². The predicted octanol–water partition coefficient (Wildman–Crippen LogP) is 4.20. The Balaban J connectivity index is 1.59. The van der Waals surface area contributed by atoms with Gasteiger partial charge < -0.3 is 9.32 Å². The van der Waals surface area contributed by atoms with E-state index < -0.39 is 0 Å². The number of fused-ring (bicyclic) bond motifs is 1. The van der Waals surface area contributed by atoms with E-state index in [0.717, 1.165) is 28.0 Å². The number of hydrogen-bond donors (Lipinski definition) is 0. The Morgan fingerprint density at radius 3 is 2.81 bits per heavy atom. The van der Waals surface area contributed by atoms with Crippen molar-refractivity contribution in [3.63, 3.8) is 0 Å².